The summed E-state index contributed by atoms with van der Waals surface area (Å²) < 4.78 is 13.1. The Kier molecular flexibility index (Phi) is 4.22. The topological polar surface area (TPSA) is 48.3 Å². The third-order valence-electron chi connectivity index (χ3n) is 4.16. The molecule has 2 heterocycles. The van der Waals surface area contributed by atoms with Gasteiger partial charge in [0.25, 0.3) is 0 Å². The lowest BCUT2D eigenvalue weighted by atomic mass is 9.98. The molecular weight excluding hydrogens is 278 g/mol. The molecule has 1 aliphatic rings. The van der Waals surface area contributed by atoms with Crippen molar-refractivity contribution in [2.45, 2.75) is 32.7 Å². The summed E-state index contributed by atoms with van der Waals surface area (Å²) >= 11 is 0. The first-order valence-electron chi connectivity index (χ1n) is 7.83. The molecule has 1 N–H and O–H groups in total. The maximum absolute atomic E-state index is 5.43. The van der Waals surface area contributed by atoms with Crippen molar-refractivity contribution in [1.82, 2.24) is 9.55 Å². The molecule has 0 bridgehead atoms. The van der Waals surface area contributed by atoms with E-state index in [-0.39, 0.29) is 0 Å². The molecule has 118 valence electrons. The molecule has 2 aromatic rings. The highest BCUT2D eigenvalue weighted by Crippen LogP contribution is 2.39. The van der Waals surface area contributed by atoms with Gasteiger partial charge in [0, 0.05) is 18.7 Å². The fourth-order valence-electron chi connectivity index (χ4n) is 2.93. The average Bonchev–Trinajstić information content (AvgIpc) is 2.97. The van der Waals surface area contributed by atoms with Crippen molar-refractivity contribution in [2.24, 2.45) is 0 Å². The highest BCUT2D eigenvalue weighted by molar-refractivity contribution is 5.71. The number of anilines is 1. The Hall–Kier alpha value is -2.17. The summed E-state index contributed by atoms with van der Waals surface area (Å²) in [6.45, 7) is 4.09. The second-order valence-corrected chi connectivity index (χ2v) is 5.51. The molecule has 0 radical (unpaired) electrons. The third kappa shape index (κ3) is 2.51. The average molecular weight is 301 g/mol. The van der Waals surface area contributed by atoms with E-state index in [9.17, 15) is 0 Å². The van der Waals surface area contributed by atoms with Gasteiger partial charge in [-0.05, 0) is 30.5 Å². The van der Waals surface area contributed by atoms with Gasteiger partial charge < -0.3 is 19.4 Å². The zero-order valence-corrected chi connectivity index (χ0v) is 13.5. The second kappa shape index (κ2) is 6.30. The lowest BCUT2D eigenvalue weighted by molar-refractivity contribution is 0.354. The molecule has 3 rings (SSSR count). The summed E-state index contributed by atoms with van der Waals surface area (Å²) in [5.41, 5.74) is 3.60. The molecule has 0 aliphatic carbocycles. The molecule has 5 heteroatoms. The predicted octanol–water partition coefficient (Wildman–Crippen LogP) is 3.34. The van der Waals surface area contributed by atoms with Gasteiger partial charge in [0.2, 0.25) is 5.95 Å². The number of aromatic nitrogens is 2. The molecule has 0 amide bonds. The van der Waals surface area contributed by atoms with E-state index in [0.717, 1.165) is 49.1 Å². The van der Waals surface area contributed by atoms with Crippen LogP contribution in [-0.4, -0.2) is 30.3 Å². The van der Waals surface area contributed by atoms with Gasteiger partial charge in [-0.3, -0.25) is 0 Å². The molecule has 0 fully saturated rings. The van der Waals surface area contributed by atoms with Gasteiger partial charge in [-0.2, -0.15) is 0 Å². The minimum absolute atomic E-state index is 0.761. The van der Waals surface area contributed by atoms with Gasteiger partial charge in [-0.25, -0.2) is 4.98 Å². The van der Waals surface area contributed by atoms with E-state index in [4.69, 9.17) is 9.47 Å². The van der Waals surface area contributed by atoms with Crippen molar-refractivity contribution >= 4 is 5.95 Å². The van der Waals surface area contributed by atoms with Crippen LogP contribution in [0.5, 0.6) is 11.5 Å². The maximum atomic E-state index is 5.43. The van der Waals surface area contributed by atoms with Crippen molar-refractivity contribution in [1.29, 1.82) is 0 Å². The summed E-state index contributed by atoms with van der Waals surface area (Å²) in [5, 5.41) is 3.43. The van der Waals surface area contributed by atoms with E-state index in [1.807, 2.05) is 6.20 Å². The second-order valence-electron chi connectivity index (χ2n) is 5.51. The minimum atomic E-state index is 0.761. The van der Waals surface area contributed by atoms with Crippen LogP contribution in [0.25, 0.3) is 11.3 Å². The molecule has 0 saturated heterocycles. The van der Waals surface area contributed by atoms with E-state index in [0.29, 0.717) is 0 Å². The number of nitrogens with one attached hydrogen (secondary N) is 1. The molecule has 0 saturated carbocycles. The Balaban J connectivity index is 1.96. The first-order valence-corrected chi connectivity index (χ1v) is 7.83. The SMILES string of the molecule is CCCCNc1ncc2n1CCc1cc(OC)c(OC)cc1-2. The summed E-state index contributed by atoms with van der Waals surface area (Å²) in [7, 11) is 3.34. The lowest BCUT2D eigenvalue weighted by Crippen LogP contribution is -2.15. The number of aryl methyl sites for hydroxylation is 1. The number of fused-ring (bicyclic) bond motifs is 3. The summed E-state index contributed by atoms with van der Waals surface area (Å²) in [6.07, 6.45) is 5.25. The van der Waals surface area contributed by atoms with Crippen LogP contribution in [0.1, 0.15) is 25.3 Å². The van der Waals surface area contributed by atoms with E-state index in [1.54, 1.807) is 14.2 Å². The van der Waals surface area contributed by atoms with Crippen LogP contribution in [0.4, 0.5) is 5.95 Å². The quantitative estimate of drug-likeness (QED) is 0.831. The Morgan fingerprint density at radius 2 is 2.00 bits per heavy atom. The van der Waals surface area contributed by atoms with Crippen molar-refractivity contribution in [3.05, 3.63) is 23.9 Å². The lowest BCUT2D eigenvalue weighted by Gasteiger charge is -2.22. The zero-order valence-electron chi connectivity index (χ0n) is 13.5. The number of benzene rings is 1. The van der Waals surface area contributed by atoms with E-state index in [1.165, 1.54) is 17.5 Å². The van der Waals surface area contributed by atoms with Crippen LogP contribution in [0.3, 0.4) is 0 Å². The maximum Gasteiger partial charge on any atom is 0.203 e. The summed E-state index contributed by atoms with van der Waals surface area (Å²) in [5.74, 6) is 2.51. The number of rotatable bonds is 6. The number of methoxy groups -OCH3 is 2. The van der Waals surface area contributed by atoms with Gasteiger partial charge >= 0.3 is 0 Å². The zero-order chi connectivity index (χ0) is 15.5. The Labute approximate surface area is 131 Å². The number of hydrogen-bond donors (Lipinski definition) is 1. The largest absolute Gasteiger partial charge is 0.493 e. The van der Waals surface area contributed by atoms with Crippen LogP contribution >= 0.6 is 0 Å². The number of nitrogens with zero attached hydrogens (tertiary/aromatic N) is 2. The van der Waals surface area contributed by atoms with Crippen LogP contribution in [-0.2, 0) is 13.0 Å². The van der Waals surface area contributed by atoms with Crippen molar-refractivity contribution in [2.75, 3.05) is 26.1 Å². The minimum Gasteiger partial charge on any atom is -0.493 e. The Morgan fingerprint density at radius 3 is 2.73 bits per heavy atom. The van der Waals surface area contributed by atoms with E-state index >= 15 is 0 Å². The fraction of sp³-hybridized carbons (Fsp3) is 0.471. The number of unbranched alkanes of at least 4 members (excludes halogenated alkanes) is 1. The van der Waals surface area contributed by atoms with E-state index < -0.39 is 0 Å². The monoisotopic (exact) mass is 301 g/mol. The van der Waals surface area contributed by atoms with Crippen LogP contribution in [0.2, 0.25) is 0 Å². The standard InChI is InChI=1S/C17H23N3O2/c1-4-5-7-18-17-19-11-14-13-10-16(22-3)15(21-2)9-12(13)6-8-20(14)17/h9-11H,4-8H2,1-3H3,(H,18,19). The molecule has 5 nitrogen and oxygen atoms in total. The first-order chi connectivity index (χ1) is 10.8. The van der Waals surface area contributed by atoms with Crippen LogP contribution in [0.15, 0.2) is 18.3 Å². The summed E-state index contributed by atoms with van der Waals surface area (Å²) in [4.78, 5) is 4.55. The van der Waals surface area contributed by atoms with Crippen LogP contribution in [0, 0.1) is 0 Å². The normalized spacial score (nSPS) is 12.5. The van der Waals surface area contributed by atoms with Crippen molar-refractivity contribution in [3.8, 4) is 22.8 Å². The van der Waals surface area contributed by atoms with Gasteiger partial charge in [-0.15, -0.1) is 0 Å². The molecule has 1 aliphatic heterocycles. The molecule has 1 aromatic heterocycles. The number of hydrogen-bond acceptors (Lipinski definition) is 4. The fourth-order valence-corrected chi connectivity index (χ4v) is 2.93. The van der Waals surface area contributed by atoms with Crippen LogP contribution < -0.4 is 14.8 Å². The smallest absolute Gasteiger partial charge is 0.203 e. The molecule has 0 atom stereocenters. The highest BCUT2D eigenvalue weighted by Gasteiger charge is 2.22. The highest BCUT2D eigenvalue weighted by atomic mass is 16.5. The van der Waals surface area contributed by atoms with Gasteiger partial charge in [0.1, 0.15) is 0 Å². The first kappa shape index (κ1) is 14.8. The van der Waals surface area contributed by atoms with E-state index in [2.05, 4.69) is 33.9 Å². The molecule has 1 aromatic carbocycles. The van der Waals surface area contributed by atoms with Gasteiger partial charge in [-0.1, -0.05) is 13.3 Å². The number of imidazole rings is 1. The Morgan fingerprint density at radius 1 is 1.23 bits per heavy atom. The molecule has 0 spiro atoms. The molecule has 22 heavy (non-hydrogen) atoms. The molecular formula is C17H23N3O2. The van der Waals surface area contributed by atoms with Crippen molar-refractivity contribution in [3.63, 3.8) is 0 Å². The Bertz CT molecular complexity index is 664. The number of ether oxygens (including phenoxy) is 2. The predicted molar refractivity (Wildman–Crippen MR) is 87.9 cm³/mol. The van der Waals surface area contributed by atoms with Gasteiger partial charge in [0.05, 0.1) is 26.1 Å². The summed E-state index contributed by atoms with van der Waals surface area (Å²) in [6, 6.07) is 4.13. The van der Waals surface area contributed by atoms with Gasteiger partial charge in [0.15, 0.2) is 11.5 Å². The molecule has 0 unspecified atom stereocenters. The third-order valence-corrected chi connectivity index (χ3v) is 4.16. The van der Waals surface area contributed by atoms with Crippen molar-refractivity contribution < 1.29 is 9.47 Å².